The zero-order chi connectivity index (χ0) is 13.8. The maximum Gasteiger partial charge on any atom is 0.147 e. The van der Waals surface area contributed by atoms with Crippen molar-refractivity contribution in [3.8, 4) is 0 Å². The van der Waals surface area contributed by atoms with Gasteiger partial charge in [0.25, 0.3) is 0 Å². The fourth-order valence-corrected chi connectivity index (χ4v) is 2.22. The van der Waals surface area contributed by atoms with Crippen molar-refractivity contribution in [2.45, 2.75) is 19.5 Å². The molecule has 0 aliphatic carbocycles. The molecule has 2 aromatic heterocycles. The molecule has 2 rings (SSSR count). The van der Waals surface area contributed by atoms with Crippen LogP contribution in [0.3, 0.4) is 0 Å². The molecule has 2 aromatic rings. The average Bonchev–Trinajstić information content (AvgIpc) is 2.85. The summed E-state index contributed by atoms with van der Waals surface area (Å²) in [6.07, 6.45) is 3.66. The number of halogens is 2. The molecule has 2 N–H and O–H groups in total. The minimum atomic E-state index is 0.135. The number of anilines is 2. The molecule has 2 heterocycles. The molecule has 0 spiro atoms. The molecule has 1 unspecified atom stereocenters. The van der Waals surface area contributed by atoms with Crippen LogP contribution in [0.2, 0.25) is 10.0 Å². The van der Waals surface area contributed by atoms with Crippen LogP contribution in [0.1, 0.15) is 6.92 Å². The minimum Gasteiger partial charge on any atom is -0.372 e. The van der Waals surface area contributed by atoms with Crippen LogP contribution < -0.4 is 10.6 Å². The van der Waals surface area contributed by atoms with E-state index in [-0.39, 0.29) is 6.04 Å². The number of pyridine rings is 1. The predicted molar refractivity (Wildman–Crippen MR) is 79.1 cm³/mol. The van der Waals surface area contributed by atoms with Crippen LogP contribution in [0.4, 0.5) is 11.6 Å². The maximum absolute atomic E-state index is 6.12. The fourth-order valence-electron chi connectivity index (χ4n) is 1.71. The molecule has 1 atom stereocenters. The van der Waals surface area contributed by atoms with E-state index in [2.05, 4.69) is 20.7 Å². The van der Waals surface area contributed by atoms with E-state index in [1.165, 1.54) is 0 Å². The van der Waals surface area contributed by atoms with Crippen molar-refractivity contribution in [3.63, 3.8) is 0 Å². The van der Waals surface area contributed by atoms with Crippen LogP contribution in [0, 0.1) is 0 Å². The van der Waals surface area contributed by atoms with Crippen molar-refractivity contribution < 1.29 is 0 Å². The minimum absolute atomic E-state index is 0.135. The second-order valence-corrected chi connectivity index (χ2v) is 4.99. The largest absolute Gasteiger partial charge is 0.372 e. The maximum atomic E-state index is 6.12. The number of hydrogen-bond acceptors (Lipinski definition) is 4. The summed E-state index contributed by atoms with van der Waals surface area (Å²) in [6, 6.07) is 3.69. The van der Waals surface area contributed by atoms with E-state index in [9.17, 15) is 0 Å². The Morgan fingerprint density at radius 2 is 2.05 bits per heavy atom. The molecule has 5 nitrogen and oxygen atoms in total. The number of hydrogen-bond donors (Lipinski definition) is 2. The summed E-state index contributed by atoms with van der Waals surface area (Å²) in [7, 11) is 1.76. The normalized spacial score (nSPS) is 12.2. The van der Waals surface area contributed by atoms with Gasteiger partial charge in [0.2, 0.25) is 0 Å². The van der Waals surface area contributed by atoms with Crippen LogP contribution in [0.5, 0.6) is 0 Å². The van der Waals surface area contributed by atoms with Crippen molar-refractivity contribution in [3.05, 3.63) is 34.6 Å². The average molecular weight is 300 g/mol. The van der Waals surface area contributed by atoms with Crippen molar-refractivity contribution in [2.75, 3.05) is 17.7 Å². The Kier molecular flexibility index (Phi) is 4.50. The lowest BCUT2D eigenvalue weighted by atomic mass is 10.3. The third-order valence-corrected chi connectivity index (χ3v) is 3.15. The summed E-state index contributed by atoms with van der Waals surface area (Å²) in [6.45, 7) is 2.76. The molecule has 0 aromatic carbocycles. The van der Waals surface area contributed by atoms with Gasteiger partial charge >= 0.3 is 0 Å². The number of rotatable bonds is 5. The monoisotopic (exact) mass is 299 g/mol. The highest BCUT2D eigenvalue weighted by Gasteiger charge is 2.11. The summed E-state index contributed by atoms with van der Waals surface area (Å²) in [4.78, 5) is 4.34. The Balaban J connectivity index is 2.09. The Morgan fingerprint density at radius 1 is 1.32 bits per heavy atom. The van der Waals surface area contributed by atoms with Crippen molar-refractivity contribution in [1.82, 2.24) is 14.8 Å². The van der Waals surface area contributed by atoms with E-state index < -0.39 is 0 Å². The number of nitrogens with one attached hydrogen (secondary N) is 2. The van der Waals surface area contributed by atoms with Gasteiger partial charge in [-0.1, -0.05) is 23.2 Å². The topological polar surface area (TPSA) is 54.8 Å². The quantitative estimate of drug-likeness (QED) is 0.891. The number of aromatic nitrogens is 3. The summed E-state index contributed by atoms with van der Waals surface area (Å²) >= 11 is 12.1. The fraction of sp³-hybridized carbons (Fsp3) is 0.333. The van der Waals surface area contributed by atoms with Crippen LogP contribution in [0.15, 0.2) is 24.5 Å². The molecule has 0 aliphatic rings. The van der Waals surface area contributed by atoms with E-state index >= 15 is 0 Å². The molecule has 102 valence electrons. The SMILES string of the molecule is CNc1nc(NC(C)Cn2cccn2)c(Cl)cc1Cl. The van der Waals surface area contributed by atoms with Crippen molar-refractivity contribution in [2.24, 2.45) is 0 Å². The highest BCUT2D eigenvalue weighted by molar-refractivity contribution is 6.37. The standard InChI is InChI=1S/C12H15Cl2N5/c1-8(7-19-5-3-4-16-19)17-12-10(14)6-9(13)11(15-2)18-12/h3-6,8H,7H2,1-2H3,(H2,15,17,18). The first-order chi connectivity index (χ1) is 9.10. The Bertz CT molecular complexity index is 541. The summed E-state index contributed by atoms with van der Waals surface area (Å²) in [5.41, 5.74) is 0. The van der Waals surface area contributed by atoms with Gasteiger partial charge in [-0.3, -0.25) is 4.68 Å². The Labute approximate surface area is 121 Å². The van der Waals surface area contributed by atoms with E-state index in [1.54, 1.807) is 19.3 Å². The third-order valence-electron chi connectivity index (χ3n) is 2.57. The summed E-state index contributed by atoms with van der Waals surface area (Å²) in [5, 5.41) is 11.3. The molecule has 0 saturated carbocycles. The third kappa shape index (κ3) is 3.52. The van der Waals surface area contributed by atoms with E-state index in [0.717, 1.165) is 6.54 Å². The lowest BCUT2D eigenvalue weighted by Gasteiger charge is -2.16. The summed E-state index contributed by atoms with van der Waals surface area (Å²) < 4.78 is 1.85. The van der Waals surface area contributed by atoms with Gasteiger partial charge in [0, 0.05) is 25.5 Å². The highest BCUT2D eigenvalue weighted by Crippen LogP contribution is 2.29. The first-order valence-corrected chi connectivity index (χ1v) is 6.63. The highest BCUT2D eigenvalue weighted by atomic mass is 35.5. The zero-order valence-electron chi connectivity index (χ0n) is 10.7. The molecule has 0 fully saturated rings. The van der Waals surface area contributed by atoms with Crippen molar-refractivity contribution >= 4 is 34.8 Å². The molecule has 7 heteroatoms. The molecule has 0 amide bonds. The molecule has 0 saturated heterocycles. The van der Waals surface area contributed by atoms with Crippen molar-refractivity contribution in [1.29, 1.82) is 0 Å². The number of nitrogens with zero attached hydrogens (tertiary/aromatic N) is 3. The van der Waals surface area contributed by atoms with Gasteiger partial charge in [0.15, 0.2) is 0 Å². The van der Waals surface area contributed by atoms with Gasteiger partial charge < -0.3 is 10.6 Å². The smallest absolute Gasteiger partial charge is 0.147 e. The van der Waals surface area contributed by atoms with Gasteiger partial charge in [0.05, 0.1) is 16.6 Å². The second kappa shape index (κ2) is 6.12. The molecular formula is C12H15Cl2N5. The van der Waals surface area contributed by atoms with E-state index in [1.807, 2.05) is 23.9 Å². The van der Waals surface area contributed by atoms with Crippen LogP contribution in [0.25, 0.3) is 0 Å². The molecule has 19 heavy (non-hydrogen) atoms. The van der Waals surface area contributed by atoms with Gasteiger partial charge in [0.1, 0.15) is 11.6 Å². The van der Waals surface area contributed by atoms with E-state index in [4.69, 9.17) is 23.2 Å². The molecular weight excluding hydrogens is 285 g/mol. The second-order valence-electron chi connectivity index (χ2n) is 4.17. The first-order valence-electron chi connectivity index (χ1n) is 5.88. The van der Waals surface area contributed by atoms with Crippen LogP contribution in [-0.2, 0) is 6.54 Å². The van der Waals surface area contributed by atoms with E-state index in [0.29, 0.717) is 21.7 Å². The first kappa shape index (κ1) is 14.0. The zero-order valence-corrected chi connectivity index (χ0v) is 12.2. The van der Waals surface area contributed by atoms with Gasteiger partial charge in [-0.2, -0.15) is 5.10 Å². The van der Waals surface area contributed by atoms with Gasteiger partial charge in [-0.05, 0) is 19.1 Å². The Hall–Kier alpha value is -1.46. The summed E-state index contributed by atoms with van der Waals surface area (Å²) in [5.74, 6) is 1.20. The van der Waals surface area contributed by atoms with Gasteiger partial charge in [-0.15, -0.1) is 0 Å². The van der Waals surface area contributed by atoms with Gasteiger partial charge in [-0.25, -0.2) is 4.98 Å². The molecule has 0 bridgehead atoms. The van der Waals surface area contributed by atoms with Crippen LogP contribution in [-0.4, -0.2) is 27.9 Å². The molecule has 0 aliphatic heterocycles. The molecule has 0 radical (unpaired) electrons. The van der Waals surface area contributed by atoms with Crippen LogP contribution >= 0.6 is 23.2 Å². The lowest BCUT2D eigenvalue weighted by molar-refractivity contribution is 0.560. The predicted octanol–water partition coefficient (Wildman–Crippen LogP) is 3.13. The Morgan fingerprint density at radius 3 is 2.68 bits per heavy atom. The lowest BCUT2D eigenvalue weighted by Crippen LogP contribution is -2.23.